The van der Waals surface area contributed by atoms with Gasteiger partial charge < -0.3 is 14.9 Å². The summed E-state index contributed by atoms with van der Waals surface area (Å²) >= 11 is 0. The molecular formula is C28H23F6N3O2. The maximum Gasteiger partial charge on any atom is 0.416 e. The van der Waals surface area contributed by atoms with Gasteiger partial charge in [-0.15, -0.1) is 0 Å². The highest BCUT2D eigenvalue weighted by Crippen LogP contribution is 2.45. The maximum atomic E-state index is 15.2. The van der Waals surface area contributed by atoms with Gasteiger partial charge in [-0.3, -0.25) is 4.79 Å². The molecule has 0 bridgehead atoms. The quantitative estimate of drug-likeness (QED) is 0.346. The number of amidine groups is 1. The van der Waals surface area contributed by atoms with Gasteiger partial charge in [0.2, 0.25) is 0 Å². The summed E-state index contributed by atoms with van der Waals surface area (Å²) in [5.41, 5.74) is -0.777. The topological polar surface area (TPSA) is 56.1 Å². The predicted molar refractivity (Wildman–Crippen MR) is 134 cm³/mol. The van der Waals surface area contributed by atoms with E-state index < -0.39 is 53.4 Å². The van der Waals surface area contributed by atoms with Gasteiger partial charge in [-0.25, -0.2) is 18.2 Å². The summed E-state index contributed by atoms with van der Waals surface area (Å²) in [6, 6.07) is 10.6. The number of para-hydroxylation sites is 1. The molecule has 0 amide bonds. The summed E-state index contributed by atoms with van der Waals surface area (Å²) in [6.45, 7) is 0.921. The molecule has 11 heteroatoms. The SMILES string of the molecule is O=C(O)CC1c2cccc(F)c2N=C(C2CCN(c3ccc(F)cc3)CC2)N1c1cc(C(F)(F)F)ccc1F. The van der Waals surface area contributed by atoms with Gasteiger partial charge in [-0.1, -0.05) is 12.1 Å². The molecule has 0 saturated carbocycles. The molecule has 0 radical (unpaired) electrons. The Hall–Kier alpha value is -4.02. The fourth-order valence-corrected chi connectivity index (χ4v) is 5.25. The lowest BCUT2D eigenvalue weighted by molar-refractivity contribution is -0.138. The number of hydrogen-bond acceptors (Lipinski definition) is 4. The molecule has 5 rings (SSSR count). The smallest absolute Gasteiger partial charge is 0.416 e. The number of rotatable bonds is 5. The number of carboxylic acids is 1. The van der Waals surface area contributed by atoms with Gasteiger partial charge >= 0.3 is 12.1 Å². The second-order valence-electron chi connectivity index (χ2n) is 9.53. The summed E-state index contributed by atoms with van der Waals surface area (Å²) < 4.78 is 84.3. The second kappa shape index (κ2) is 10.3. The van der Waals surface area contributed by atoms with Crippen LogP contribution in [0.4, 0.5) is 43.4 Å². The number of alkyl halides is 3. The van der Waals surface area contributed by atoms with E-state index in [-0.39, 0.29) is 22.9 Å². The molecule has 3 aromatic rings. The molecule has 1 fully saturated rings. The predicted octanol–water partition coefficient (Wildman–Crippen LogP) is 7.11. The van der Waals surface area contributed by atoms with Crippen LogP contribution < -0.4 is 9.80 Å². The number of halogens is 6. The van der Waals surface area contributed by atoms with Crippen molar-refractivity contribution in [3.8, 4) is 0 Å². The first-order valence-electron chi connectivity index (χ1n) is 12.3. The van der Waals surface area contributed by atoms with E-state index in [2.05, 4.69) is 4.99 Å². The van der Waals surface area contributed by atoms with Crippen LogP contribution in [0.1, 0.15) is 36.4 Å². The first-order valence-corrected chi connectivity index (χ1v) is 12.3. The lowest BCUT2D eigenvalue weighted by Gasteiger charge is -2.43. The van der Waals surface area contributed by atoms with Crippen LogP contribution in [0.5, 0.6) is 0 Å². The molecule has 2 aliphatic heterocycles. The van der Waals surface area contributed by atoms with E-state index in [1.807, 2.05) is 4.90 Å². The number of aliphatic carboxylic acids is 1. The van der Waals surface area contributed by atoms with Crippen LogP contribution in [0, 0.1) is 23.4 Å². The average Bonchev–Trinajstić information content (AvgIpc) is 2.89. The average molecular weight is 547 g/mol. The van der Waals surface area contributed by atoms with Crippen LogP contribution in [0.3, 0.4) is 0 Å². The first-order chi connectivity index (χ1) is 18.5. The van der Waals surface area contributed by atoms with E-state index in [4.69, 9.17) is 0 Å². The molecule has 1 N–H and O–H groups in total. The zero-order valence-corrected chi connectivity index (χ0v) is 20.4. The molecule has 2 aliphatic rings. The van der Waals surface area contributed by atoms with Crippen LogP contribution in [-0.4, -0.2) is 30.0 Å². The van der Waals surface area contributed by atoms with Gasteiger partial charge in [0.05, 0.1) is 23.7 Å². The number of aliphatic imine (C=N–C) groups is 1. The monoisotopic (exact) mass is 547 g/mol. The van der Waals surface area contributed by atoms with Crippen LogP contribution in [0.15, 0.2) is 65.7 Å². The van der Waals surface area contributed by atoms with Gasteiger partial charge in [0.1, 0.15) is 29.0 Å². The van der Waals surface area contributed by atoms with Crippen molar-refractivity contribution in [1.29, 1.82) is 0 Å². The van der Waals surface area contributed by atoms with E-state index in [1.54, 1.807) is 12.1 Å². The summed E-state index contributed by atoms with van der Waals surface area (Å²) in [4.78, 5) is 19.6. The summed E-state index contributed by atoms with van der Waals surface area (Å²) in [5, 5.41) is 9.69. The second-order valence-corrected chi connectivity index (χ2v) is 9.53. The molecule has 204 valence electrons. The van der Waals surface area contributed by atoms with Crippen LogP contribution in [-0.2, 0) is 11.0 Å². The highest BCUT2D eigenvalue weighted by molar-refractivity contribution is 6.04. The third kappa shape index (κ3) is 5.30. The number of anilines is 2. The summed E-state index contributed by atoms with van der Waals surface area (Å²) in [5.74, 6) is -3.72. The third-order valence-corrected chi connectivity index (χ3v) is 7.11. The van der Waals surface area contributed by atoms with Crippen molar-refractivity contribution < 1.29 is 36.2 Å². The fourth-order valence-electron chi connectivity index (χ4n) is 5.25. The highest BCUT2D eigenvalue weighted by Gasteiger charge is 2.40. The number of benzene rings is 3. The number of nitrogens with zero attached hydrogens (tertiary/aromatic N) is 3. The molecule has 5 nitrogen and oxygen atoms in total. The lowest BCUT2D eigenvalue weighted by Crippen LogP contribution is -2.46. The lowest BCUT2D eigenvalue weighted by atomic mass is 9.89. The van der Waals surface area contributed by atoms with Crippen molar-refractivity contribution in [1.82, 2.24) is 0 Å². The highest BCUT2D eigenvalue weighted by atomic mass is 19.4. The van der Waals surface area contributed by atoms with Gasteiger partial charge in [-0.2, -0.15) is 13.2 Å². The van der Waals surface area contributed by atoms with Crippen molar-refractivity contribution in [2.45, 2.75) is 31.5 Å². The Labute approximate surface area is 220 Å². The van der Waals surface area contributed by atoms with Crippen molar-refractivity contribution in [3.63, 3.8) is 0 Å². The Morgan fingerprint density at radius 2 is 1.64 bits per heavy atom. The van der Waals surface area contributed by atoms with Crippen molar-refractivity contribution in [3.05, 3.63) is 89.2 Å². The minimum absolute atomic E-state index is 0.107. The van der Waals surface area contributed by atoms with Gasteiger partial charge in [0.25, 0.3) is 0 Å². The number of piperidine rings is 1. The zero-order valence-electron chi connectivity index (χ0n) is 20.4. The van der Waals surface area contributed by atoms with Crippen LogP contribution >= 0.6 is 0 Å². The standard InChI is InChI=1S/C28H23F6N3O2/c29-18-5-7-19(8-6-18)36-12-10-16(11-13-36)27-35-26-20(2-1-3-22(26)31)23(15-25(38)39)37(27)24-14-17(28(32,33)34)4-9-21(24)30/h1-9,14,16,23H,10-13,15H2,(H,38,39). The number of carboxylic acid groups (broad SMARTS) is 1. The van der Waals surface area contributed by atoms with Gasteiger partial charge in [-0.05, 0) is 61.4 Å². The van der Waals surface area contributed by atoms with Crippen LogP contribution in [0.2, 0.25) is 0 Å². The number of carbonyl (C=O) groups is 1. The Kier molecular flexibility index (Phi) is 7.00. The van der Waals surface area contributed by atoms with E-state index >= 15 is 4.39 Å². The van der Waals surface area contributed by atoms with Gasteiger partial charge in [0.15, 0.2) is 0 Å². The molecule has 0 spiro atoms. The third-order valence-electron chi connectivity index (χ3n) is 7.11. The molecular weight excluding hydrogens is 524 g/mol. The summed E-state index contributed by atoms with van der Waals surface area (Å²) in [7, 11) is 0. The zero-order chi connectivity index (χ0) is 27.9. The molecule has 3 aromatic carbocycles. The molecule has 0 aromatic heterocycles. The van der Waals surface area contributed by atoms with E-state index in [9.17, 15) is 31.9 Å². The van der Waals surface area contributed by atoms with Crippen molar-refractivity contribution >= 4 is 28.9 Å². The largest absolute Gasteiger partial charge is 0.481 e. The van der Waals surface area contributed by atoms with E-state index in [0.717, 1.165) is 11.8 Å². The molecule has 1 saturated heterocycles. The molecule has 2 heterocycles. The Morgan fingerprint density at radius 3 is 2.28 bits per heavy atom. The van der Waals surface area contributed by atoms with E-state index in [0.29, 0.717) is 44.1 Å². The number of fused-ring (bicyclic) bond motifs is 1. The minimum atomic E-state index is -4.78. The van der Waals surface area contributed by atoms with Gasteiger partial charge in [0, 0.05) is 30.3 Å². The first kappa shape index (κ1) is 26.6. The van der Waals surface area contributed by atoms with E-state index in [1.165, 1.54) is 29.2 Å². The minimum Gasteiger partial charge on any atom is -0.481 e. The maximum absolute atomic E-state index is 15.2. The molecule has 1 unspecified atom stereocenters. The fraction of sp³-hybridized carbons (Fsp3) is 0.286. The normalized spacial score (nSPS) is 18.1. The molecule has 1 atom stereocenters. The Morgan fingerprint density at radius 1 is 0.949 bits per heavy atom. The van der Waals surface area contributed by atoms with Crippen molar-refractivity contribution in [2.75, 3.05) is 22.9 Å². The molecule has 39 heavy (non-hydrogen) atoms. The summed E-state index contributed by atoms with van der Waals surface area (Å²) in [6.07, 6.45) is -4.57. The van der Waals surface area contributed by atoms with Crippen molar-refractivity contribution in [2.24, 2.45) is 10.9 Å². The Bertz CT molecular complexity index is 1420. The van der Waals surface area contributed by atoms with Crippen LogP contribution in [0.25, 0.3) is 0 Å². The Balaban J connectivity index is 1.59. The number of hydrogen-bond donors (Lipinski definition) is 1. The molecule has 0 aliphatic carbocycles.